The van der Waals surface area contributed by atoms with Gasteiger partial charge >= 0.3 is 0 Å². The Morgan fingerprint density at radius 3 is 2.46 bits per heavy atom. The second kappa shape index (κ2) is 7.76. The van der Waals surface area contributed by atoms with Crippen LogP contribution in [0.5, 0.6) is 0 Å². The van der Waals surface area contributed by atoms with Crippen molar-refractivity contribution in [2.75, 3.05) is 12.4 Å². The lowest BCUT2D eigenvalue weighted by Crippen LogP contribution is -2.16. The largest absolute Gasteiger partial charge is 0.362 e. The number of ketones is 1. The standard InChI is InChI=1S/C20H19N3O3/c1-14-7-9-15(10-8-14)19(24)17-5-3-4-6-18(17)20(25)22-16-11-21-23(12-16)13-26-2/h3-12H,13H2,1-2H3,(H,22,25). The van der Waals surface area contributed by atoms with Gasteiger partial charge in [0.05, 0.1) is 23.6 Å². The third-order valence-corrected chi connectivity index (χ3v) is 3.88. The second-order valence-corrected chi connectivity index (χ2v) is 5.88. The van der Waals surface area contributed by atoms with Gasteiger partial charge in [-0.2, -0.15) is 5.10 Å². The minimum Gasteiger partial charge on any atom is -0.362 e. The molecule has 1 heterocycles. The lowest BCUT2D eigenvalue weighted by Gasteiger charge is -2.09. The summed E-state index contributed by atoms with van der Waals surface area (Å²) < 4.78 is 6.54. The average Bonchev–Trinajstić information content (AvgIpc) is 3.09. The molecule has 0 fully saturated rings. The number of carbonyl (C=O) groups excluding carboxylic acids is 2. The van der Waals surface area contributed by atoms with Gasteiger partial charge in [0.25, 0.3) is 5.91 Å². The summed E-state index contributed by atoms with van der Waals surface area (Å²) in [6.07, 6.45) is 3.19. The van der Waals surface area contributed by atoms with Gasteiger partial charge in [0, 0.05) is 18.2 Å². The Kier molecular flexibility index (Phi) is 5.24. The summed E-state index contributed by atoms with van der Waals surface area (Å²) in [6.45, 7) is 2.25. The fourth-order valence-corrected chi connectivity index (χ4v) is 2.57. The number of anilines is 1. The zero-order chi connectivity index (χ0) is 18.5. The van der Waals surface area contributed by atoms with Gasteiger partial charge in [-0.25, -0.2) is 4.68 Å². The third kappa shape index (κ3) is 3.87. The van der Waals surface area contributed by atoms with E-state index in [1.165, 1.54) is 6.20 Å². The number of nitrogens with one attached hydrogen (secondary N) is 1. The highest BCUT2D eigenvalue weighted by Gasteiger charge is 2.18. The molecule has 0 saturated carbocycles. The SMILES string of the molecule is COCn1cc(NC(=O)c2ccccc2C(=O)c2ccc(C)cc2)cn1. The summed E-state index contributed by atoms with van der Waals surface area (Å²) in [4.78, 5) is 25.5. The number of hydrogen-bond acceptors (Lipinski definition) is 4. The van der Waals surface area contributed by atoms with Crippen LogP contribution in [0.1, 0.15) is 31.8 Å². The zero-order valence-corrected chi connectivity index (χ0v) is 14.6. The van der Waals surface area contributed by atoms with E-state index in [4.69, 9.17) is 4.74 Å². The maximum absolute atomic E-state index is 12.8. The fraction of sp³-hybridized carbons (Fsp3) is 0.150. The molecule has 0 unspecified atom stereocenters. The molecule has 132 valence electrons. The number of ether oxygens (including phenoxy) is 1. The van der Waals surface area contributed by atoms with Crippen LogP contribution in [0.3, 0.4) is 0 Å². The number of rotatable bonds is 6. The molecule has 0 aliphatic carbocycles. The number of aromatic nitrogens is 2. The second-order valence-electron chi connectivity index (χ2n) is 5.88. The van der Waals surface area contributed by atoms with Crippen molar-refractivity contribution in [2.24, 2.45) is 0 Å². The molecule has 2 aromatic carbocycles. The molecule has 1 N–H and O–H groups in total. The van der Waals surface area contributed by atoms with Crippen LogP contribution in [0.25, 0.3) is 0 Å². The molecule has 0 spiro atoms. The number of carbonyl (C=O) groups is 2. The Morgan fingerprint density at radius 2 is 1.77 bits per heavy atom. The van der Waals surface area contributed by atoms with Crippen LogP contribution >= 0.6 is 0 Å². The normalized spacial score (nSPS) is 10.5. The van der Waals surface area contributed by atoms with Gasteiger partial charge in [0.2, 0.25) is 0 Å². The smallest absolute Gasteiger partial charge is 0.256 e. The fourth-order valence-electron chi connectivity index (χ4n) is 2.57. The van der Waals surface area contributed by atoms with Crippen LogP contribution in [0.2, 0.25) is 0 Å². The highest BCUT2D eigenvalue weighted by atomic mass is 16.5. The van der Waals surface area contributed by atoms with Crippen molar-refractivity contribution in [1.82, 2.24) is 9.78 Å². The van der Waals surface area contributed by atoms with E-state index >= 15 is 0 Å². The van der Waals surface area contributed by atoms with Gasteiger partial charge in [0.1, 0.15) is 6.73 Å². The molecular formula is C20H19N3O3. The van der Waals surface area contributed by atoms with E-state index in [0.717, 1.165) is 5.56 Å². The minimum absolute atomic E-state index is 0.189. The minimum atomic E-state index is -0.363. The summed E-state index contributed by atoms with van der Waals surface area (Å²) in [5.41, 5.74) is 2.82. The molecule has 0 atom stereocenters. The molecule has 6 nitrogen and oxygen atoms in total. The van der Waals surface area contributed by atoms with Gasteiger partial charge in [-0.05, 0) is 13.0 Å². The number of methoxy groups -OCH3 is 1. The summed E-state index contributed by atoms with van der Waals surface area (Å²) in [6, 6.07) is 14.0. The van der Waals surface area contributed by atoms with Crippen molar-refractivity contribution in [3.05, 3.63) is 83.2 Å². The molecule has 6 heteroatoms. The Hall–Kier alpha value is -3.25. The van der Waals surface area contributed by atoms with Crippen LogP contribution < -0.4 is 5.32 Å². The van der Waals surface area contributed by atoms with E-state index in [9.17, 15) is 9.59 Å². The maximum Gasteiger partial charge on any atom is 0.256 e. The van der Waals surface area contributed by atoms with Crippen molar-refractivity contribution >= 4 is 17.4 Å². The zero-order valence-electron chi connectivity index (χ0n) is 14.6. The van der Waals surface area contributed by atoms with Gasteiger partial charge < -0.3 is 10.1 Å². The average molecular weight is 349 g/mol. The van der Waals surface area contributed by atoms with Crippen molar-refractivity contribution in [1.29, 1.82) is 0 Å². The summed E-state index contributed by atoms with van der Waals surface area (Å²) in [7, 11) is 1.56. The first-order chi connectivity index (χ1) is 12.6. The maximum atomic E-state index is 12.8. The van der Waals surface area contributed by atoms with Crippen molar-refractivity contribution < 1.29 is 14.3 Å². The van der Waals surface area contributed by atoms with Crippen molar-refractivity contribution in [2.45, 2.75) is 13.7 Å². The van der Waals surface area contributed by atoms with Gasteiger partial charge in [-0.3, -0.25) is 9.59 Å². The molecule has 0 aliphatic rings. The highest BCUT2D eigenvalue weighted by molar-refractivity contribution is 6.17. The molecule has 3 aromatic rings. The molecular weight excluding hydrogens is 330 g/mol. The van der Waals surface area contributed by atoms with E-state index < -0.39 is 0 Å². The molecule has 1 amide bonds. The topological polar surface area (TPSA) is 73.2 Å². The Balaban J connectivity index is 1.84. The first-order valence-electron chi connectivity index (χ1n) is 8.11. The molecule has 0 saturated heterocycles. The monoisotopic (exact) mass is 349 g/mol. The van der Waals surface area contributed by atoms with Crippen molar-refractivity contribution in [3.63, 3.8) is 0 Å². The summed E-state index contributed by atoms with van der Waals surface area (Å²) in [5, 5.41) is 6.84. The Labute approximate surface area is 151 Å². The molecule has 3 rings (SSSR count). The van der Waals surface area contributed by atoms with Crippen molar-refractivity contribution in [3.8, 4) is 0 Å². The molecule has 0 aliphatic heterocycles. The molecule has 0 bridgehead atoms. The lowest BCUT2D eigenvalue weighted by atomic mass is 9.97. The third-order valence-electron chi connectivity index (χ3n) is 3.88. The number of nitrogens with zero attached hydrogens (tertiary/aromatic N) is 2. The van der Waals surface area contributed by atoms with E-state index in [1.807, 2.05) is 19.1 Å². The highest BCUT2D eigenvalue weighted by Crippen LogP contribution is 2.17. The van der Waals surface area contributed by atoms with E-state index in [0.29, 0.717) is 29.1 Å². The van der Waals surface area contributed by atoms with Crippen LogP contribution in [-0.2, 0) is 11.5 Å². The summed E-state index contributed by atoms with van der Waals surface area (Å²) >= 11 is 0. The Bertz CT molecular complexity index is 929. The first-order valence-corrected chi connectivity index (χ1v) is 8.11. The predicted octanol–water partition coefficient (Wildman–Crippen LogP) is 3.28. The van der Waals surface area contributed by atoms with E-state index in [2.05, 4.69) is 10.4 Å². The number of aryl methyl sites for hydroxylation is 1. The predicted molar refractivity (Wildman–Crippen MR) is 98.2 cm³/mol. The van der Waals surface area contributed by atoms with Gasteiger partial charge in [-0.1, -0.05) is 48.0 Å². The van der Waals surface area contributed by atoms with Crippen LogP contribution in [0.4, 0.5) is 5.69 Å². The van der Waals surface area contributed by atoms with Crippen LogP contribution in [0.15, 0.2) is 60.9 Å². The quantitative estimate of drug-likeness (QED) is 0.693. The Morgan fingerprint density at radius 1 is 1.08 bits per heavy atom. The molecule has 0 radical (unpaired) electrons. The van der Waals surface area contributed by atoms with E-state index in [-0.39, 0.29) is 11.7 Å². The van der Waals surface area contributed by atoms with Gasteiger partial charge in [-0.15, -0.1) is 0 Å². The van der Waals surface area contributed by atoms with Crippen LogP contribution in [0, 0.1) is 6.92 Å². The van der Waals surface area contributed by atoms with Crippen LogP contribution in [-0.4, -0.2) is 28.6 Å². The number of benzene rings is 2. The van der Waals surface area contributed by atoms with E-state index in [1.54, 1.807) is 54.4 Å². The number of hydrogen-bond donors (Lipinski definition) is 1. The lowest BCUT2D eigenvalue weighted by molar-refractivity contribution is 0.0996. The first kappa shape index (κ1) is 17.6. The summed E-state index contributed by atoms with van der Waals surface area (Å²) in [5.74, 6) is -0.552. The van der Waals surface area contributed by atoms with Gasteiger partial charge in [0.15, 0.2) is 5.78 Å². The molecule has 1 aromatic heterocycles. The number of amides is 1. The molecule has 26 heavy (non-hydrogen) atoms.